The maximum Gasteiger partial charge on any atom is 0.0207 e. The molecule has 2 aliphatic rings. The molecule has 0 bridgehead atoms. The van der Waals surface area contributed by atoms with E-state index in [2.05, 4.69) is 133 Å². The molecule has 2 aromatic rings. The van der Waals surface area contributed by atoms with E-state index in [0.717, 1.165) is 17.9 Å². The highest BCUT2D eigenvalue weighted by atomic mass is 31.1. The van der Waals surface area contributed by atoms with E-state index in [1.807, 2.05) is 0 Å². The highest BCUT2D eigenvalue weighted by Gasteiger charge is 2.70. The first-order chi connectivity index (χ1) is 18.3. The van der Waals surface area contributed by atoms with Crippen LogP contribution in [0.5, 0.6) is 0 Å². The molecule has 2 fully saturated rings. The van der Waals surface area contributed by atoms with Crippen molar-refractivity contribution < 1.29 is 0 Å². The van der Waals surface area contributed by atoms with E-state index < -0.39 is 7.92 Å². The minimum atomic E-state index is -0.474. The molecular weight excluding hydrogens is 479 g/mol. The van der Waals surface area contributed by atoms with Crippen molar-refractivity contribution in [3.63, 3.8) is 0 Å². The fourth-order valence-corrected chi connectivity index (χ4v) is 11.4. The molecule has 2 saturated carbocycles. The zero-order valence-corrected chi connectivity index (χ0v) is 26.6. The van der Waals surface area contributed by atoms with Crippen LogP contribution in [0, 0.1) is 17.8 Å². The Morgan fingerprint density at radius 3 is 1.32 bits per heavy atom. The van der Waals surface area contributed by atoms with Gasteiger partial charge in [0.25, 0.3) is 0 Å². The van der Waals surface area contributed by atoms with Gasteiger partial charge in [-0.25, -0.2) is 0 Å². The molecule has 3 heteroatoms. The Morgan fingerprint density at radius 1 is 0.579 bits per heavy atom. The fourth-order valence-electron chi connectivity index (χ4n) is 7.93. The van der Waals surface area contributed by atoms with E-state index in [9.17, 15) is 0 Å². The monoisotopic (exact) mass is 534 g/mol. The summed E-state index contributed by atoms with van der Waals surface area (Å²) in [6.07, 6.45) is 4.92. The van der Waals surface area contributed by atoms with Crippen LogP contribution in [0.1, 0.15) is 88.0 Å². The number of nitrogens with zero attached hydrogens (tertiary/aromatic N) is 2. The first-order valence-corrected chi connectivity index (χ1v) is 17.2. The van der Waals surface area contributed by atoms with Crippen LogP contribution in [0.3, 0.4) is 0 Å². The Morgan fingerprint density at radius 2 is 0.947 bits per heavy atom. The molecule has 2 aromatic carbocycles. The molecule has 10 atom stereocenters. The van der Waals surface area contributed by atoms with Crippen LogP contribution in [0.25, 0.3) is 0 Å². The molecule has 0 aromatic heterocycles. The van der Waals surface area contributed by atoms with Crippen molar-refractivity contribution in [2.45, 2.75) is 130 Å². The molecule has 2 aliphatic carbocycles. The van der Waals surface area contributed by atoms with Crippen molar-refractivity contribution in [2.75, 3.05) is 0 Å². The lowest BCUT2D eigenvalue weighted by Crippen LogP contribution is -2.56. The van der Waals surface area contributed by atoms with Gasteiger partial charge in [-0.15, -0.1) is 0 Å². The predicted octanol–water partition coefficient (Wildman–Crippen LogP) is 7.92. The zero-order valence-electron chi connectivity index (χ0n) is 25.7. The molecule has 0 aliphatic heterocycles. The summed E-state index contributed by atoms with van der Waals surface area (Å²) >= 11 is 0. The van der Waals surface area contributed by atoms with Crippen molar-refractivity contribution >= 4 is 18.5 Å². The summed E-state index contributed by atoms with van der Waals surface area (Å²) in [7, 11) is -0.474. The van der Waals surface area contributed by atoms with Gasteiger partial charge in [0.05, 0.1) is 0 Å². The van der Waals surface area contributed by atoms with Gasteiger partial charge in [-0.1, -0.05) is 95.3 Å². The van der Waals surface area contributed by atoms with Crippen molar-refractivity contribution in [1.82, 2.24) is 9.80 Å². The largest absolute Gasteiger partial charge is 0.294 e. The van der Waals surface area contributed by atoms with Gasteiger partial charge < -0.3 is 0 Å². The molecule has 0 spiro atoms. The van der Waals surface area contributed by atoms with Crippen molar-refractivity contribution in [3.8, 4) is 0 Å². The third kappa shape index (κ3) is 5.53. The maximum atomic E-state index is 3.00. The summed E-state index contributed by atoms with van der Waals surface area (Å²) in [5.41, 5.74) is 0.679. The molecule has 0 saturated heterocycles. The van der Waals surface area contributed by atoms with Crippen molar-refractivity contribution in [2.24, 2.45) is 17.8 Å². The van der Waals surface area contributed by atoms with Gasteiger partial charge in [-0.05, 0) is 89.7 Å². The Bertz CT molecular complexity index is 920. The van der Waals surface area contributed by atoms with Gasteiger partial charge in [0.1, 0.15) is 0 Å². The topological polar surface area (TPSA) is 6.48 Å². The molecule has 10 unspecified atom stereocenters. The Kier molecular flexibility index (Phi) is 10.2. The van der Waals surface area contributed by atoms with E-state index in [0.29, 0.717) is 41.8 Å². The van der Waals surface area contributed by atoms with Gasteiger partial charge >= 0.3 is 0 Å². The number of rotatable bonds is 13. The standard InChI is InChI=1S/C35H55N2P/c1-10-24(5)36(25(6)11-2)33-28(9)31-32(34(31)37(26(7)12-3)27(8)13-4)35(33)38(29-20-16-14-17-21-29)30-22-18-15-19-23-30/h14-28,31-35H,10-13H2,1-9H3. The molecule has 38 heavy (non-hydrogen) atoms. The average Bonchev–Trinajstić information content (AvgIpc) is 3.60. The molecular formula is C35H55N2P. The molecule has 4 rings (SSSR count). The quantitative estimate of drug-likeness (QED) is 0.241. The second-order valence-electron chi connectivity index (χ2n) is 12.5. The second-order valence-corrected chi connectivity index (χ2v) is 14.8. The zero-order chi connectivity index (χ0) is 27.6. The molecule has 0 heterocycles. The minimum Gasteiger partial charge on any atom is -0.294 e. The summed E-state index contributed by atoms with van der Waals surface area (Å²) in [6.45, 7) is 22.1. The van der Waals surface area contributed by atoms with Crippen molar-refractivity contribution in [1.29, 1.82) is 0 Å². The number of hydrogen-bond acceptors (Lipinski definition) is 2. The van der Waals surface area contributed by atoms with Crippen LogP contribution >= 0.6 is 7.92 Å². The van der Waals surface area contributed by atoms with E-state index in [1.54, 1.807) is 10.6 Å². The Balaban J connectivity index is 1.87. The lowest BCUT2D eigenvalue weighted by atomic mass is 9.92. The van der Waals surface area contributed by atoms with Crippen LogP contribution in [-0.4, -0.2) is 51.7 Å². The first-order valence-electron chi connectivity index (χ1n) is 15.8. The predicted molar refractivity (Wildman–Crippen MR) is 169 cm³/mol. The SMILES string of the molecule is CCC(C)N(C(C)CC)C1C2C(C)C(N(C(C)CC)C(C)CC)C(P(c3ccccc3)c3ccccc3)C21. The average molecular weight is 535 g/mol. The molecule has 0 radical (unpaired) electrons. The summed E-state index contributed by atoms with van der Waals surface area (Å²) in [5, 5.41) is 3.13. The smallest absolute Gasteiger partial charge is 0.0207 e. The first kappa shape index (κ1) is 29.8. The lowest BCUT2D eigenvalue weighted by molar-refractivity contribution is 0.0442. The van der Waals surface area contributed by atoms with E-state index in [-0.39, 0.29) is 0 Å². The molecule has 210 valence electrons. The fraction of sp³-hybridized carbons (Fsp3) is 0.657. The molecule has 0 N–H and O–H groups in total. The van der Waals surface area contributed by atoms with Crippen LogP contribution in [-0.2, 0) is 0 Å². The molecule has 2 nitrogen and oxygen atoms in total. The molecule has 0 amide bonds. The van der Waals surface area contributed by atoms with Gasteiger partial charge in [0, 0.05) is 41.9 Å². The van der Waals surface area contributed by atoms with E-state index in [4.69, 9.17) is 0 Å². The van der Waals surface area contributed by atoms with Crippen LogP contribution in [0.15, 0.2) is 60.7 Å². The van der Waals surface area contributed by atoms with Crippen LogP contribution < -0.4 is 10.6 Å². The Labute approximate surface area is 236 Å². The van der Waals surface area contributed by atoms with Crippen molar-refractivity contribution in [3.05, 3.63) is 60.7 Å². The van der Waals surface area contributed by atoms with E-state index >= 15 is 0 Å². The summed E-state index contributed by atoms with van der Waals surface area (Å²) < 4.78 is 0. The summed E-state index contributed by atoms with van der Waals surface area (Å²) in [6, 6.07) is 27.1. The van der Waals surface area contributed by atoms with E-state index in [1.165, 1.54) is 25.7 Å². The third-order valence-electron chi connectivity index (χ3n) is 10.4. The number of benzene rings is 2. The number of hydrogen-bond donors (Lipinski definition) is 0. The minimum absolute atomic E-state index is 0.474. The highest BCUT2D eigenvalue weighted by Crippen LogP contribution is 2.68. The van der Waals surface area contributed by atoms with Gasteiger partial charge in [0.15, 0.2) is 0 Å². The van der Waals surface area contributed by atoms with Gasteiger partial charge in [0.2, 0.25) is 0 Å². The summed E-state index contributed by atoms with van der Waals surface area (Å²) in [4.78, 5) is 5.96. The lowest BCUT2D eigenvalue weighted by Gasteiger charge is -2.48. The second kappa shape index (κ2) is 13.0. The highest BCUT2D eigenvalue weighted by molar-refractivity contribution is 7.73. The normalized spacial score (nSPS) is 29.9. The maximum absolute atomic E-state index is 3.00. The Hall–Kier alpha value is -1.21. The van der Waals surface area contributed by atoms with Gasteiger partial charge in [-0.3, -0.25) is 9.80 Å². The van der Waals surface area contributed by atoms with Crippen LogP contribution in [0.4, 0.5) is 0 Å². The van der Waals surface area contributed by atoms with Crippen LogP contribution in [0.2, 0.25) is 0 Å². The van der Waals surface area contributed by atoms with Gasteiger partial charge in [-0.2, -0.15) is 0 Å². The summed E-state index contributed by atoms with van der Waals surface area (Å²) in [5.74, 6) is 2.30. The third-order valence-corrected chi connectivity index (χ3v) is 13.4. The number of fused-ring (bicyclic) bond motifs is 1.